The maximum absolute atomic E-state index is 11.8. The lowest BCUT2D eigenvalue weighted by atomic mass is 9.83. The van der Waals surface area contributed by atoms with Crippen LogP contribution in [0.15, 0.2) is 0 Å². The fraction of sp³-hybridized carbons (Fsp3) is 0.818. The second-order valence-corrected chi connectivity index (χ2v) is 4.53. The second kappa shape index (κ2) is 6.16. The van der Waals surface area contributed by atoms with Crippen LogP contribution in [0.2, 0.25) is 6.32 Å². The molecular weight excluding hydrogens is 221 g/mol. The van der Waals surface area contributed by atoms with Crippen LogP contribution < -0.4 is 0 Å². The smallest absolute Gasteiger partial charge is 0.398 e. The zero-order valence-electron chi connectivity index (χ0n) is 10.9. The molecule has 0 aliphatic carbocycles. The SMILES string of the molecule is CCCCB1O[C@H](C(C)=O)[C@@H](C(=O)N(C)C)O1. The van der Waals surface area contributed by atoms with E-state index in [9.17, 15) is 9.59 Å². The maximum Gasteiger partial charge on any atom is 0.458 e. The van der Waals surface area contributed by atoms with Crippen molar-refractivity contribution in [1.29, 1.82) is 0 Å². The molecule has 96 valence electrons. The zero-order chi connectivity index (χ0) is 13.0. The Bertz CT molecular complexity index is 295. The van der Waals surface area contributed by atoms with Gasteiger partial charge in [0.1, 0.15) is 6.10 Å². The molecule has 0 spiro atoms. The fourth-order valence-corrected chi connectivity index (χ4v) is 1.76. The normalized spacial score (nSPS) is 23.9. The first-order valence-corrected chi connectivity index (χ1v) is 6.00. The van der Waals surface area contributed by atoms with Gasteiger partial charge in [-0.3, -0.25) is 9.59 Å². The minimum absolute atomic E-state index is 0.163. The molecule has 17 heavy (non-hydrogen) atoms. The lowest BCUT2D eigenvalue weighted by molar-refractivity contribution is -0.141. The molecule has 5 nitrogen and oxygen atoms in total. The summed E-state index contributed by atoms with van der Waals surface area (Å²) in [6.45, 7) is 3.49. The summed E-state index contributed by atoms with van der Waals surface area (Å²) in [5.74, 6) is -0.381. The summed E-state index contributed by atoms with van der Waals surface area (Å²) in [5.41, 5.74) is 0. The summed E-state index contributed by atoms with van der Waals surface area (Å²) in [4.78, 5) is 24.7. The molecule has 1 rings (SSSR count). The molecular formula is C11H20BNO4. The summed E-state index contributed by atoms with van der Waals surface area (Å²) in [7, 11) is 2.85. The van der Waals surface area contributed by atoms with E-state index in [-0.39, 0.29) is 11.7 Å². The molecule has 0 unspecified atom stereocenters. The molecule has 0 bridgehead atoms. The molecule has 1 amide bonds. The van der Waals surface area contributed by atoms with Crippen molar-refractivity contribution >= 4 is 18.8 Å². The van der Waals surface area contributed by atoms with Gasteiger partial charge >= 0.3 is 7.12 Å². The van der Waals surface area contributed by atoms with Gasteiger partial charge in [-0.1, -0.05) is 19.8 Å². The summed E-state index contributed by atoms with van der Waals surface area (Å²) in [6.07, 6.45) is 1.16. The van der Waals surface area contributed by atoms with E-state index in [1.807, 2.05) is 0 Å². The lowest BCUT2D eigenvalue weighted by Gasteiger charge is -2.19. The maximum atomic E-state index is 11.8. The molecule has 0 aromatic heterocycles. The van der Waals surface area contributed by atoms with Crippen LogP contribution in [0.3, 0.4) is 0 Å². The number of carbonyl (C=O) groups is 2. The molecule has 2 atom stereocenters. The highest BCUT2D eigenvalue weighted by molar-refractivity contribution is 6.46. The Morgan fingerprint density at radius 2 is 1.82 bits per heavy atom. The Morgan fingerprint density at radius 1 is 1.24 bits per heavy atom. The molecule has 0 N–H and O–H groups in total. The Labute approximate surface area is 103 Å². The van der Waals surface area contributed by atoms with E-state index >= 15 is 0 Å². The molecule has 6 heteroatoms. The van der Waals surface area contributed by atoms with Crippen LogP contribution in [0.1, 0.15) is 26.7 Å². The minimum Gasteiger partial charge on any atom is -0.398 e. The molecule has 1 fully saturated rings. The Balaban J connectivity index is 2.67. The molecule has 0 radical (unpaired) electrons. The van der Waals surface area contributed by atoms with Gasteiger partial charge in [0.05, 0.1) is 0 Å². The first kappa shape index (κ1) is 14.2. The molecule has 1 heterocycles. The van der Waals surface area contributed by atoms with Gasteiger partial charge < -0.3 is 14.2 Å². The topological polar surface area (TPSA) is 55.8 Å². The van der Waals surface area contributed by atoms with Gasteiger partial charge in [-0.05, 0) is 13.2 Å². The Hall–Kier alpha value is -0.875. The number of Topliss-reactive ketones (excluding diaryl/α,β-unsaturated/α-hetero) is 1. The van der Waals surface area contributed by atoms with E-state index in [2.05, 4.69) is 6.92 Å². The van der Waals surface area contributed by atoms with Crippen molar-refractivity contribution in [3.63, 3.8) is 0 Å². The van der Waals surface area contributed by atoms with Gasteiger partial charge in [-0.2, -0.15) is 0 Å². The highest BCUT2D eigenvalue weighted by atomic mass is 16.7. The van der Waals surface area contributed by atoms with Crippen LogP contribution in [0.4, 0.5) is 0 Å². The van der Waals surface area contributed by atoms with Crippen LogP contribution in [-0.4, -0.2) is 50.0 Å². The zero-order valence-corrected chi connectivity index (χ0v) is 10.9. The molecule has 0 saturated carbocycles. The quantitative estimate of drug-likeness (QED) is 0.666. The lowest BCUT2D eigenvalue weighted by Crippen LogP contribution is -2.42. The predicted octanol–water partition coefficient (Wildman–Crippen LogP) is 0.736. The van der Waals surface area contributed by atoms with Crippen molar-refractivity contribution in [1.82, 2.24) is 4.90 Å². The van der Waals surface area contributed by atoms with E-state index in [0.29, 0.717) is 0 Å². The van der Waals surface area contributed by atoms with Crippen molar-refractivity contribution < 1.29 is 18.9 Å². The highest BCUT2D eigenvalue weighted by Crippen LogP contribution is 2.22. The number of carbonyl (C=O) groups excluding carboxylic acids is 2. The van der Waals surface area contributed by atoms with Crippen LogP contribution in [0.5, 0.6) is 0 Å². The number of amides is 1. The number of hydrogen-bond donors (Lipinski definition) is 0. The monoisotopic (exact) mass is 241 g/mol. The van der Waals surface area contributed by atoms with E-state index in [4.69, 9.17) is 9.31 Å². The third-order valence-electron chi connectivity index (χ3n) is 2.75. The average Bonchev–Trinajstić information content (AvgIpc) is 2.69. The van der Waals surface area contributed by atoms with Gasteiger partial charge in [0, 0.05) is 14.1 Å². The highest BCUT2D eigenvalue weighted by Gasteiger charge is 2.45. The van der Waals surface area contributed by atoms with E-state index in [1.165, 1.54) is 11.8 Å². The van der Waals surface area contributed by atoms with Gasteiger partial charge in [-0.15, -0.1) is 0 Å². The van der Waals surface area contributed by atoms with Gasteiger partial charge in [0.2, 0.25) is 0 Å². The predicted molar refractivity (Wildman–Crippen MR) is 64.6 cm³/mol. The van der Waals surface area contributed by atoms with Crippen LogP contribution in [-0.2, 0) is 18.9 Å². The molecule has 0 aromatic carbocycles. The van der Waals surface area contributed by atoms with Gasteiger partial charge in [0.15, 0.2) is 11.9 Å². The molecule has 1 saturated heterocycles. The number of likely N-dealkylation sites (N-methyl/N-ethyl adjacent to an activating group) is 1. The Kier molecular flexibility index (Phi) is 5.14. The summed E-state index contributed by atoms with van der Waals surface area (Å²) in [5, 5.41) is 0. The molecule has 1 aliphatic rings. The number of rotatable bonds is 5. The van der Waals surface area contributed by atoms with Crippen molar-refractivity contribution in [2.75, 3.05) is 14.1 Å². The Morgan fingerprint density at radius 3 is 2.29 bits per heavy atom. The fourth-order valence-electron chi connectivity index (χ4n) is 1.76. The van der Waals surface area contributed by atoms with Gasteiger partial charge in [-0.25, -0.2) is 0 Å². The van der Waals surface area contributed by atoms with E-state index in [0.717, 1.165) is 19.2 Å². The first-order chi connectivity index (χ1) is 7.97. The molecule has 1 aliphatic heterocycles. The van der Waals surface area contributed by atoms with E-state index in [1.54, 1.807) is 14.1 Å². The number of nitrogens with zero attached hydrogens (tertiary/aromatic N) is 1. The number of hydrogen-bond acceptors (Lipinski definition) is 4. The number of unbranched alkanes of at least 4 members (excludes halogenated alkanes) is 1. The first-order valence-electron chi connectivity index (χ1n) is 6.00. The van der Waals surface area contributed by atoms with Crippen molar-refractivity contribution in [3.05, 3.63) is 0 Å². The molecule has 0 aromatic rings. The average molecular weight is 241 g/mol. The number of ketones is 1. The van der Waals surface area contributed by atoms with Gasteiger partial charge in [0.25, 0.3) is 5.91 Å². The van der Waals surface area contributed by atoms with Crippen LogP contribution in [0.25, 0.3) is 0 Å². The summed E-state index contributed by atoms with van der Waals surface area (Å²) < 4.78 is 11.0. The van der Waals surface area contributed by atoms with Crippen LogP contribution in [0, 0.1) is 0 Å². The standard InChI is InChI=1S/C11H20BNO4/c1-5-6-7-12-16-9(8(2)14)10(17-12)11(15)13(3)4/h9-10H,5-7H2,1-4H3/t9-,10+/m1/s1. The second-order valence-electron chi connectivity index (χ2n) is 4.53. The third kappa shape index (κ3) is 3.54. The van der Waals surface area contributed by atoms with Crippen molar-refractivity contribution in [2.24, 2.45) is 0 Å². The largest absolute Gasteiger partial charge is 0.458 e. The van der Waals surface area contributed by atoms with Crippen molar-refractivity contribution in [3.8, 4) is 0 Å². The van der Waals surface area contributed by atoms with Crippen LogP contribution >= 0.6 is 0 Å². The summed E-state index contributed by atoms with van der Waals surface area (Å²) in [6, 6.07) is 0. The van der Waals surface area contributed by atoms with E-state index < -0.39 is 19.3 Å². The minimum atomic E-state index is -0.788. The third-order valence-corrected chi connectivity index (χ3v) is 2.75. The van der Waals surface area contributed by atoms with Crippen molar-refractivity contribution in [2.45, 2.75) is 45.2 Å². The summed E-state index contributed by atoms with van der Waals surface area (Å²) >= 11 is 0.